The summed E-state index contributed by atoms with van der Waals surface area (Å²) < 4.78 is 0. The van der Waals surface area contributed by atoms with Gasteiger partial charge in [0.05, 0.1) is 10.7 Å². The molecule has 24 heavy (non-hydrogen) atoms. The molecule has 132 valence electrons. The van der Waals surface area contributed by atoms with Crippen LogP contribution in [0, 0.1) is 6.92 Å². The summed E-state index contributed by atoms with van der Waals surface area (Å²) in [5.41, 5.74) is 2.69. The summed E-state index contributed by atoms with van der Waals surface area (Å²) in [6.07, 6.45) is 2.04. The molecule has 1 amide bonds. The molecule has 0 spiro atoms. The number of nitrogens with one attached hydrogen (secondary N) is 1. The van der Waals surface area contributed by atoms with E-state index in [0.29, 0.717) is 6.04 Å². The highest BCUT2D eigenvalue weighted by molar-refractivity contribution is 7.09. The smallest absolute Gasteiger partial charge is 0.253 e. The number of benzene rings is 1. The van der Waals surface area contributed by atoms with E-state index >= 15 is 0 Å². The van der Waals surface area contributed by atoms with E-state index in [9.17, 15) is 4.79 Å². The van der Waals surface area contributed by atoms with Gasteiger partial charge in [0.1, 0.15) is 0 Å². The molecule has 1 N–H and O–H groups in total. The molecule has 4 nitrogen and oxygen atoms in total. The number of aryl methyl sites for hydroxylation is 1. The van der Waals surface area contributed by atoms with Crippen LogP contribution < -0.4 is 5.32 Å². The van der Waals surface area contributed by atoms with Crippen LogP contribution in [0.5, 0.6) is 0 Å². The zero-order chi connectivity index (χ0) is 15.5. The van der Waals surface area contributed by atoms with Crippen LogP contribution in [0.15, 0.2) is 29.6 Å². The SMILES string of the molecule is Cc1nc(-c2cccc(C(=O)N(C)C3CCNCC3)c2)cs1.Cl.Cl. The van der Waals surface area contributed by atoms with Crippen LogP contribution in [0.25, 0.3) is 11.3 Å². The number of nitrogens with zero attached hydrogens (tertiary/aromatic N) is 2. The number of piperidine rings is 1. The number of thiazole rings is 1. The average Bonchev–Trinajstić information content (AvgIpc) is 3.01. The molecule has 0 radical (unpaired) electrons. The van der Waals surface area contributed by atoms with Gasteiger partial charge in [-0.15, -0.1) is 36.2 Å². The Hall–Kier alpha value is -1.14. The van der Waals surface area contributed by atoms with Crippen molar-refractivity contribution in [2.24, 2.45) is 0 Å². The quantitative estimate of drug-likeness (QED) is 0.870. The first-order valence-electron chi connectivity index (χ1n) is 7.65. The van der Waals surface area contributed by atoms with Gasteiger partial charge in [-0.05, 0) is 45.0 Å². The molecular weight excluding hydrogens is 365 g/mol. The molecular formula is C17H23Cl2N3OS. The van der Waals surface area contributed by atoms with E-state index in [1.165, 1.54) is 0 Å². The Labute approximate surface area is 159 Å². The van der Waals surface area contributed by atoms with Gasteiger partial charge < -0.3 is 10.2 Å². The van der Waals surface area contributed by atoms with Gasteiger partial charge in [0.15, 0.2) is 0 Å². The molecule has 0 aliphatic carbocycles. The molecule has 0 bridgehead atoms. The minimum atomic E-state index is 0. The highest BCUT2D eigenvalue weighted by Gasteiger charge is 2.23. The van der Waals surface area contributed by atoms with Crippen LogP contribution in [0.2, 0.25) is 0 Å². The third-order valence-electron chi connectivity index (χ3n) is 4.20. The highest BCUT2D eigenvalue weighted by Crippen LogP contribution is 2.23. The molecule has 3 rings (SSSR count). The molecule has 0 atom stereocenters. The number of rotatable bonds is 3. The Morgan fingerprint density at radius 3 is 2.62 bits per heavy atom. The van der Waals surface area contributed by atoms with E-state index in [0.717, 1.165) is 47.8 Å². The average molecular weight is 388 g/mol. The Balaban J connectivity index is 0.00000144. The van der Waals surface area contributed by atoms with Crippen molar-refractivity contribution >= 4 is 42.1 Å². The normalized spacial score (nSPS) is 14.4. The summed E-state index contributed by atoms with van der Waals surface area (Å²) in [6.45, 7) is 3.97. The second-order valence-corrected chi connectivity index (χ2v) is 6.79. The Kier molecular flexibility index (Phi) is 8.16. The minimum absolute atomic E-state index is 0. The first kappa shape index (κ1) is 20.9. The maximum atomic E-state index is 12.7. The maximum Gasteiger partial charge on any atom is 0.253 e. The summed E-state index contributed by atoms with van der Waals surface area (Å²) >= 11 is 1.63. The lowest BCUT2D eigenvalue weighted by atomic mass is 10.0. The number of hydrogen-bond acceptors (Lipinski definition) is 4. The summed E-state index contributed by atoms with van der Waals surface area (Å²) in [7, 11) is 1.91. The molecule has 2 heterocycles. The predicted molar refractivity (Wildman–Crippen MR) is 105 cm³/mol. The van der Waals surface area contributed by atoms with Crippen molar-refractivity contribution in [3.63, 3.8) is 0 Å². The fourth-order valence-corrected chi connectivity index (χ4v) is 3.49. The molecule has 1 aliphatic heterocycles. The van der Waals surface area contributed by atoms with E-state index in [2.05, 4.69) is 10.3 Å². The first-order valence-corrected chi connectivity index (χ1v) is 8.53. The van der Waals surface area contributed by atoms with Crippen LogP contribution in [-0.2, 0) is 0 Å². The Bertz CT molecular complexity index is 671. The Morgan fingerprint density at radius 1 is 1.29 bits per heavy atom. The van der Waals surface area contributed by atoms with Gasteiger partial charge in [0, 0.05) is 29.6 Å². The summed E-state index contributed by atoms with van der Waals surface area (Å²) in [5, 5.41) is 6.41. The number of carbonyl (C=O) groups is 1. The standard InChI is InChI=1S/C17H21N3OS.2ClH/c1-12-19-16(11-22-12)13-4-3-5-14(10-13)17(21)20(2)15-6-8-18-9-7-15;;/h3-5,10-11,15,18H,6-9H2,1-2H3;2*1H. The van der Waals surface area contributed by atoms with E-state index in [1.54, 1.807) is 11.3 Å². The van der Waals surface area contributed by atoms with Crippen molar-refractivity contribution in [1.82, 2.24) is 15.2 Å². The molecule has 1 fully saturated rings. The summed E-state index contributed by atoms with van der Waals surface area (Å²) in [6, 6.07) is 8.12. The van der Waals surface area contributed by atoms with Crippen LogP contribution in [0.4, 0.5) is 0 Å². The van der Waals surface area contributed by atoms with E-state index in [1.807, 2.05) is 48.5 Å². The number of halogens is 2. The predicted octanol–water partition coefficient (Wildman–Crippen LogP) is 3.79. The second kappa shape index (κ2) is 9.37. The van der Waals surface area contributed by atoms with E-state index in [-0.39, 0.29) is 30.7 Å². The van der Waals surface area contributed by atoms with E-state index in [4.69, 9.17) is 0 Å². The zero-order valence-electron chi connectivity index (χ0n) is 13.8. The molecule has 1 aliphatic rings. The largest absolute Gasteiger partial charge is 0.339 e. The number of carbonyl (C=O) groups excluding carboxylic acids is 1. The highest BCUT2D eigenvalue weighted by atomic mass is 35.5. The molecule has 0 saturated carbocycles. The molecule has 1 saturated heterocycles. The maximum absolute atomic E-state index is 12.7. The molecule has 7 heteroatoms. The van der Waals surface area contributed by atoms with Gasteiger partial charge in [-0.25, -0.2) is 4.98 Å². The van der Waals surface area contributed by atoms with Crippen LogP contribution >= 0.6 is 36.2 Å². The summed E-state index contributed by atoms with van der Waals surface area (Å²) in [4.78, 5) is 19.1. The number of hydrogen-bond donors (Lipinski definition) is 1. The van der Waals surface area contributed by atoms with Crippen molar-refractivity contribution in [3.8, 4) is 11.3 Å². The lowest BCUT2D eigenvalue weighted by Crippen LogP contribution is -2.43. The topological polar surface area (TPSA) is 45.2 Å². The van der Waals surface area contributed by atoms with Crippen molar-refractivity contribution in [1.29, 1.82) is 0 Å². The third-order valence-corrected chi connectivity index (χ3v) is 4.97. The van der Waals surface area contributed by atoms with Gasteiger partial charge in [-0.2, -0.15) is 0 Å². The van der Waals surface area contributed by atoms with Gasteiger partial charge >= 0.3 is 0 Å². The lowest BCUT2D eigenvalue weighted by molar-refractivity contribution is 0.0703. The van der Waals surface area contributed by atoms with Crippen molar-refractivity contribution in [3.05, 3.63) is 40.2 Å². The monoisotopic (exact) mass is 387 g/mol. The van der Waals surface area contributed by atoms with Crippen LogP contribution in [0.1, 0.15) is 28.2 Å². The van der Waals surface area contributed by atoms with Gasteiger partial charge in [-0.3, -0.25) is 4.79 Å². The fraction of sp³-hybridized carbons (Fsp3) is 0.412. The minimum Gasteiger partial charge on any atom is -0.339 e. The zero-order valence-corrected chi connectivity index (χ0v) is 16.3. The molecule has 1 aromatic heterocycles. The van der Waals surface area contributed by atoms with Gasteiger partial charge in [0.25, 0.3) is 5.91 Å². The van der Waals surface area contributed by atoms with Crippen molar-refractivity contribution in [2.45, 2.75) is 25.8 Å². The van der Waals surface area contributed by atoms with Gasteiger partial charge in [0.2, 0.25) is 0 Å². The molecule has 2 aromatic rings. The Morgan fingerprint density at radius 2 is 2.00 bits per heavy atom. The number of amides is 1. The number of aromatic nitrogens is 1. The van der Waals surface area contributed by atoms with Gasteiger partial charge in [-0.1, -0.05) is 12.1 Å². The molecule has 1 aromatic carbocycles. The van der Waals surface area contributed by atoms with Crippen LogP contribution in [0.3, 0.4) is 0 Å². The lowest BCUT2D eigenvalue weighted by Gasteiger charge is -2.31. The second-order valence-electron chi connectivity index (χ2n) is 5.73. The fourth-order valence-electron chi connectivity index (χ4n) is 2.87. The van der Waals surface area contributed by atoms with Crippen molar-refractivity contribution < 1.29 is 4.79 Å². The molecule has 0 unspecified atom stereocenters. The van der Waals surface area contributed by atoms with E-state index < -0.39 is 0 Å². The van der Waals surface area contributed by atoms with Crippen molar-refractivity contribution in [2.75, 3.05) is 20.1 Å². The third kappa shape index (κ3) is 4.70. The van der Waals surface area contributed by atoms with Crippen LogP contribution in [-0.4, -0.2) is 42.0 Å². The summed E-state index contributed by atoms with van der Waals surface area (Å²) in [5.74, 6) is 0.0979. The first-order chi connectivity index (χ1) is 10.6.